The van der Waals surface area contributed by atoms with E-state index in [2.05, 4.69) is 10.3 Å². The molecule has 3 aromatic rings. The third-order valence-electron chi connectivity index (χ3n) is 3.71. The number of methoxy groups -OCH3 is 1. The number of carbonyl (C=O) groups excluding carboxylic acids is 1. The molecule has 2 aromatic carbocycles. The lowest BCUT2D eigenvalue weighted by atomic mass is 10.1. The van der Waals surface area contributed by atoms with Gasteiger partial charge in [0.25, 0.3) is 5.91 Å². The molecular formula is C19H18ClN3O3. The van der Waals surface area contributed by atoms with Crippen LogP contribution in [0, 0.1) is 0 Å². The van der Waals surface area contributed by atoms with Crippen LogP contribution in [0.3, 0.4) is 0 Å². The Balaban J connectivity index is 1.80. The number of imidazole rings is 1. The number of amides is 1. The van der Waals surface area contributed by atoms with Crippen LogP contribution < -0.4 is 14.8 Å². The number of aromatic nitrogens is 2. The van der Waals surface area contributed by atoms with E-state index in [4.69, 9.17) is 21.1 Å². The van der Waals surface area contributed by atoms with Gasteiger partial charge in [0.05, 0.1) is 30.8 Å². The van der Waals surface area contributed by atoms with E-state index in [0.29, 0.717) is 34.4 Å². The molecule has 3 rings (SSSR count). The van der Waals surface area contributed by atoms with Gasteiger partial charge < -0.3 is 19.4 Å². The summed E-state index contributed by atoms with van der Waals surface area (Å²) < 4.78 is 12.5. The maximum Gasteiger partial charge on any atom is 0.255 e. The zero-order chi connectivity index (χ0) is 18.5. The number of hydrogen-bond donors (Lipinski definition) is 1. The van der Waals surface area contributed by atoms with E-state index in [1.54, 1.807) is 60.7 Å². The van der Waals surface area contributed by atoms with Gasteiger partial charge >= 0.3 is 0 Å². The van der Waals surface area contributed by atoms with Crippen molar-refractivity contribution in [3.63, 3.8) is 0 Å². The van der Waals surface area contributed by atoms with Crippen LogP contribution in [0.4, 0.5) is 5.69 Å². The summed E-state index contributed by atoms with van der Waals surface area (Å²) >= 11 is 6.32. The van der Waals surface area contributed by atoms with Crippen molar-refractivity contribution in [3.05, 3.63) is 65.7 Å². The summed E-state index contributed by atoms with van der Waals surface area (Å²) in [6, 6.07) is 10.3. The summed E-state index contributed by atoms with van der Waals surface area (Å²) in [4.78, 5) is 16.5. The lowest BCUT2D eigenvalue weighted by molar-refractivity contribution is 0.102. The van der Waals surface area contributed by atoms with Gasteiger partial charge in [0.2, 0.25) is 0 Å². The number of rotatable bonds is 6. The number of ether oxygens (including phenoxy) is 2. The van der Waals surface area contributed by atoms with Gasteiger partial charge in [0, 0.05) is 23.6 Å². The van der Waals surface area contributed by atoms with Crippen molar-refractivity contribution in [1.82, 2.24) is 9.55 Å². The normalized spacial score (nSPS) is 10.4. The fourth-order valence-electron chi connectivity index (χ4n) is 2.49. The molecule has 0 aliphatic carbocycles. The minimum atomic E-state index is -0.264. The van der Waals surface area contributed by atoms with Crippen LogP contribution in [0.15, 0.2) is 55.1 Å². The number of benzene rings is 2. The predicted molar refractivity (Wildman–Crippen MR) is 101 cm³/mol. The molecule has 0 saturated carbocycles. The number of hydrogen-bond acceptors (Lipinski definition) is 4. The van der Waals surface area contributed by atoms with Gasteiger partial charge in [0.1, 0.15) is 0 Å². The maximum atomic E-state index is 12.5. The monoisotopic (exact) mass is 371 g/mol. The van der Waals surface area contributed by atoms with Gasteiger partial charge in [-0.25, -0.2) is 4.98 Å². The van der Waals surface area contributed by atoms with Crippen LogP contribution in [-0.2, 0) is 0 Å². The summed E-state index contributed by atoms with van der Waals surface area (Å²) in [6.07, 6.45) is 5.13. The highest BCUT2D eigenvalue weighted by Gasteiger charge is 2.12. The van der Waals surface area contributed by atoms with E-state index >= 15 is 0 Å². The summed E-state index contributed by atoms with van der Waals surface area (Å²) in [5.74, 6) is 0.840. The number of nitrogens with one attached hydrogen (secondary N) is 1. The molecular weight excluding hydrogens is 354 g/mol. The SMILES string of the molecule is CCOc1cc(C(=O)Nc2ccc(-n3ccnc3)c(Cl)c2)ccc1OC. The van der Waals surface area contributed by atoms with Gasteiger partial charge in [0.15, 0.2) is 11.5 Å². The van der Waals surface area contributed by atoms with E-state index in [0.717, 1.165) is 5.69 Å². The van der Waals surface area contributed by atoms with Crippen molar-refractivity contribution in [2.24, 2.45) is 0 Å². The second kappa shape index (κ2) is 7.93. The van der Waals surface area contributed by atoms with E-state index in [9.17, 15) is 4.79 Å². The predicted octanol–water partition coefficient (Wildman–Crippen LogP) is 4.19. The molecule has 0 aliphatic heterocycles. The van der Waals surface area contributed by atoms with E-state index < -0.39 is 0 Å². The first-order valence-electron chi connectivity index (χ1n) is 8.02. The fraction of sp³-hybridized carbons (Fsp3) is 0.158. The van der Waals surface area contributed by atoms with Crippen molar-refractivity contribution in [3.8, 4) is 17.2 Å². The molecule has 0 unspecified atom stereocenters. The summed E-state index contributed by atoms with van der Waals surface area (Å²) in [5, 5.41) is 3.34. The zero-order valence-corrected chi connectivity index (χ0v) is 15.2. The van der Waals surface area contributed by atoms with Gasteiger partial charge in [-0.05, 0) is 43.3 Å². The lowest BCUT2D eigenvalue weighted by Gasteiger charge is -2.12. The average Bonchev–Trinajstić information content (AvgIpc) is 3.16. The lowest BCUT2D eigenvalue weighted by Crippen LogP contribution is -2.12. The molecule has 1 amide bonds. The molecule has 0 atom stereocenters. The second-order valence-corrected chi connectivity index (χ2v) is 5.80. The third kappa shape index (κ3) is 3.81. The molecule has 1 aromatic heterocycles. The molecule has 0 saturated heterocycles. The Morgan fingerprint density at radius 1 is 1.23 bits per heavy atom. The van der Waals surface area contributed by atoms with E-state index in [1.165, 1.54) is 0 Å². The average molecular weight is 372 g/mol. The molecule has 7 heteroatoms. The quantitative estimate of drug-likeness (QED) is 0.705. The molecule has 1 N–H and O–H groups in total. The Morgan fingerprint density at radius 3 is 2.73 bits per heavy atom. The number of nitrogens with zero attached hydrogens (tertiary/aromatic N) is 2. The van der Waals surface area contributed by atoms with Gasteiger partial charge in [-0.2, -0.15) is 0 Å². The molecule has 0 spiro atoms. The van der Waals surface area contributed by atoms with Crippen molar-refractivity contribution >= 4 is 23.2 Å². The standard InChI is InChI=1S/C19H18ClN3O3/c1-3-26-18-10-13(4-7-17(18)25-2)19(24)22-14-5-6-16(15(20)11-14)23-9-8-21-12-23/h4-12H,3H2,1-2H3,(H,22,24). The van der Waals surface area contributed by atoms with Crippen molar-refractivity contribution in [1.29, 1.82) is 0 Å². The van der Waals surface area contributed by atoms with Crippen LogP contribution in [0.5, 0.6) is 11.5 Å². The number of carbonyl (C=O) groups is 1. The highest BCUT2D eigenvalue weighted by Crippen LogP contribution is 2.29. The van der Waals surface area contributed by atoms with Crippen molar-refractivity contribution in [2.75, 3.05) is 19.0 Å². The maximum absolute atomic E-state index is 12.5. The Kier molecular flexibility index (Phi) is 5.43. The van der Waals surface area contributed by atoms with Crippen LogP contribution >= 0.6 is 11.6 Å². The Bertz CT molecular complexity index is 910. The molecule has 0 aliphatic rings. The minimum Gasteiger partial charge on any atom is -0.493 e. The zero-order valence-electron chi connectivity index (χ0n) is 14.4. The number of anilines is 1. The highest BCUT2D eigenvalue weighted by atomic mass is 35.5. The van der Waals surface area contributed by atoms with Gasteiger partial charge in [-0.1, -0.05) is 11.6 Å². The van der Waals surface area contributed by atoms with Gasteiger partial charge in [-0.15, -0.1) is 0 Å². The van der Waals surface area contributed by atoms with Crippen LogP contribution in [0.25, 0.3) is 5.69 Å². The smallest absolute Gasteiger partial charge is 0.255 e. The molecule has 134 valence electrons. The minimum absolute atomic E-state index is 0.264. The molecule has 1 heterocycles. The summed E-state index contributed by atoms with van der Waals surface area (Å²) in [7, 11) is 1.56. The first kappa shape index (κ1) is 17.8. The highest BCUT2D eigenvalue weighted by molar-refractivity contribution is 6.32. The van der Waals surface area contributed by atoms with Crippen molar-refractivity contribution in [2.45, 2.75) is 6.92 Å². The summed E-state index contributed by atoms with van der Waals surface area (Å²) in [6.45, 7) is 2.35. The van der Waals surface area contributed by atoms with Crippen LogP contribution in [0.2, 0.25) is 5.02 Å². The first-order chi connectivity index (χ1) is 12.6. The van der Waals surface area contributed by atoms with E-state index in [1.807, 2.05) is 13.0 Å². The molecule has 0 bridgehead atoms. The second-order valence-electron chi connectivity index (χ2n) is 5.39. The molecule has 0 radical (unpaired) electrons. The van der Waals surface area contributed by atoms with Crippen molar-refractivity contribution < 1.29 is 14.3 Å². The molecule has 26 heavy (non-hydrogen) atoms. The molecule has 0 fully saturated rings. The fourth-order valence-corrected chi connectivity index (χ4v) is 2.76. The van der Waals surface area contributed by atoms with E-state index in [-0.39, 0.29) is 5.91 Å². The topological polar surface area (TPSA) is 65.4 Å². The third-order valence-corrected chi connectivity index (χ3v) is 4.02. The molecule has 6 nitrogen and oxygen atoms in total. The Morgan fingerprint density at radius 2 is 2.08 bits per heavy atom. The largest absolute Gasteiger partial charge is 0.493 e. The number of halogens is 1. The van der Waals surface area contributed by atoms with Crippen LogP contribution in [-0.4, -0.2) is 29.2 Å². The van der Waals surface area contributed by atoms with Crippen LogP contribution in [0.1, 0.15) is 17.3 Å². The summed E-state index contributed by atoms with van der Waals surface area (Å²) in [5.41, 5.74) is 1.84. The first-order valence-corrected chi connectivity index (χ1v) is 8.40. The van der Waals surface area contributed by atoms with Gasteiger partial charge in [-0.3, -0.25) is 4.79 Å². The Hall–Kier alpha value is -2.99. The Labute approximate surface area is 156 Å².